The topological polar surface area (TPSA) is 118 Å². The molecule has 0 aliphatic carbocycles. The van der Waals surface area contributed by atoms with E-state index in [-0.39, 0.29) is 21.4 Å². The number of hydrogen-bond donors (Lipinski definition) is 1. The summed E-state index contributed by atoms with van der Waals surface area (Å²) in [5.41, 5.74) is -0.290. The number of carboxylic acid groups (broad SMARTS) is 1. The smallest absolute Gasteiger partial charge is 0.308 e. The van der Waals surface area contributed by atoms with E-state index in [1.165, 1.54) is 0 Å². The minimum Gasteiger partial charge on any atom is -0.481 e. The summed E-state index contributed by atoms with van der Waals surface area (Å²) in [4.78, 5) is 22.8. The van der Waals surface area contributed by atoms with E-state index in [1.807, 2.05) is 0 Å². The van der Waals surface area contributed by atoms with E-state index in [9.17, 15) is 23.3 Å². The Kier molecular flexibility index (Phi) is 3.69. The summed E-state index contributed by atoms with van der Waals surface area (Å²) >= 11 is 0.809. The molecule has 0 spiro atoms. The molecule has 0 radical (unpaired) electrons. The Bertz CT molecular complexity index is 665. The minimum absolute atomic E-state index is 0.0852. The molecule has 1 aliphatic heterocycles. The second-order valence-electron chi connectivity index (χ2n) is 4.55. The minimum atomic E-state index is -3.53. The molecule has 2 heterocycles. The number of carboxylic acids is 1. The van der Waals surface area contributed by atoms with Crippen LogP contribution in [0.3, 0.4) is 0 Å². The van der Waals surface area contributed by atoms with Gasteiger partial charge in [-0.3, -0.25) is 14.9 Å². The van der Waals surface area contributed by atoms with Gasteiger partial charge in [-0.25, -0.2) is 8.42 Å². The van der Waals surface area contributed by atoms with Gasteiger partial charge in [0.05, 0.1) is 10.8 Å². The summed E-state index contributed by atoms with van der Waals surface area (Å²) in [6.45, 7) is 0.515. The third-order valence-corrected chi connectivity index (χ3v) is 6.04. The summed E-state index contributed by atoms with van der Waals surface area (Å²) in [6, 6.07) is 1.03. The van der Waals surface area contributed by atoms with Crippen LogP contribution in [0, 0.1) is 16.0 Å². The van der Waals surface area contributed by atoms with Crippen LogP contribution in [-0.4, -0.2) is 43.8 Å². The van der Waals surface area contributed by atoms with Crippen molar-refractivity contribution in [2.75, 3.05) is 24.2 Å². The van der Waals surface area contributed by atoms with Crippen molar-refractivity contribution in [1.29, 1.82) is 0 Å². The molecule has 0 bridgehead atoms. The van der Waals surface area contributed by atoms with Crippen molar-refractivity contribution in [3.05, 3.63) is 16.2 Å². The third-order valence-electron chi connectivity index (χ3n) is 3.06. The highest BCUT2D eigenvalue weighted by Gasteiger charge is 2.34. The lowest BCUT2D eigenvalue weighted by Gasteiger charge is -2.14. The number of aliphatic carboxylic acids is 1. The standard InChI is InChI=1S/C10H12N2O6S2/c1-20(17,18)8-4-7(12(15)16)9(19-8)11-3-2-6(5-11)10(13)14/h4,6H,2-3,5H2,1H3,(H,13,14). The predicted molar refractivity (Wildman–Crippen MR) is 72.0 cm³/mol. The number of nitrogens with zero attached hydrogens (tertiary/aromatic N) is 2. The first-order valence-corrected chi connectivity index (χ1v) is 8.37. The number of carbonyl (C=O) groups is 1. The van der Waals surface area contributed by atoms with E-state index in [2.05, 4.69) is 0 Å². The van der Waals surface area contributed by atoms with Crippen molar-refractivity contribution in [3.8, 4) is 0 Å². The lowest BCUT2D eigenvalue weighted by Crippen LogP contribution is -2.22. The summed E-state index contributed by atoms with van der Waals surface area (Å²) in [5.74, 6) is -1.53. The molecule has 1 N–H and O–H groups in total. The van der Waals surface area contributed by atoms with Crippen molar-refractivity contribution in [3.63, 3.8) is 0 Å². The van der Waals surface area contributed by atoms with E-state index < -0.39 is 26.6 Å². The largest absolute Gasteiger partial charge is 0.481 e. The van der Waals surface area contributed by atoms with Crippen molar-refractivity contribution >= 4 is 37.8 Å². The van der Waals surface area contributed by atoms with Gasteiger partial charge in [0.25, 0.3) is 0 Å². The van der Waals surface area contributed by atoms with Gasteiger partial charge in [-0.05, 0) is 6.42 Å². The molecular weight excluding hydrogens is 308 g/mol. The summed E-state index contributed by atoms with van der Waals surface area (Å²) < 4.78 is 22.9. The molecule has 1 atom stereocenters. The maximum atomic E-state index is 11.5. The molecule has 1 aliphatic rings. The molecule has 2 rings (SSSR count). The molecule has 1 aromatic rings. The van der Waals surface area contributed by atoms with Crippen molar-refractivity contribution in [2.45, 2.75) is 10.6 Å². The van der Waals surface area contributed by atoms with Crippen molar-refractivity contribution in [2.24, 2.45) is 5.92 Å². The Labute approximate surface area is 118 Å². The molecule has 20 heavy (non-hydrogen) atoms. The Hall–Kier alpha value is -1.68. The first-order chi connectivity index (χ1) is 9.20. The van der Waals surface area contributed by atoms with Gasteiger partial charge in [0.15, 0.2) is 14.8 Å². The maximum Gasteiger partial charge on any atom is 0.308 e. The lowest BCUT2D eigenvalue weighted by atomic mass is 10.1. The van der Waals surface area contributed by atoms with E-state index in [0.29, 0.717) is 13.0 Å². The average molecular weight is 320 g/mol. The van der Waals surface area contributed by atoms with Crippen LogP contribution in [0.15, 0.2) is 10.3 Å². The van der Waals surface area contributed by atoms with E-state index in [1.54, 1.807) is 4.90 Å². The van der Waals surface area contributed by atoms with Crippen LogP contribution < -0.4 is 4.90 Å². The number of rotatable bonds is 4. The Morgan fingerprint density at radius 3 is 2.70 bits per heavy atom. The number of thiophene rings is 1. The second-order valence-corrected chi connectivity index (χ2v) is 7.83. The van der Waals surface area contributed by atoms with E-state index in [0.717, 1.165) is 23.7 Å². The van der Waals surface area contributed by atoms with Gasteiger partial charge in [0.1, 0.15) is 4.21 Å². The van der Waals surface area contributed by atoms with Crippen LogP contribution in [-0.2, 0) is 14.6 Å². The highest BCUT2D eigenvalue weighted by Crippen LogP contribution is 2.41. The Balaban J connectivity index is 2.39. The second kappa shape index (κ2) is 5.02. The van der Waals surface area contributed by atoms with Gasteiger partial charge >= 0.3 is 11.7 Å². The summed E-state index contributed by atoms with van der Waals surface area (Å²) in [6.07, 6.45) is 1.37. The Morgan fingerprint density at radius 1 is 1.60 bits per heavy atom. The van der Waals surface area contributed by atoms with E-state index in [4.69, 9.17) is 5.11 Å². The summed E-state index contributed by atoms with van der Waals surface area (Å²) in [7, 11) is -3.53. The van der Waals surface area contributed by atoms with Gasteiger partial charge in [-0.15, -0.1) is 0 Å². The molecule has 10 heteroatoms. The molecule has 1 saturated heterocycles. The third kappa shape index (κ3) is 2.75. The zero-order chi connectivity index (χ0) is 15.1. The van der Waals surface area contributed by atoms with Gasteiger partial charge in [0, 0.05) is 25.4 Å². The highest BCUT2D eigenvalue weighted by molar-refractivity contribution is 7.92. The van der Waals surface area contributed by atoms with E-state index >= 15 is 0 Å². The fraction of sp³-hybridized carbons (Fsp3) is 0.500. The van der Waals surface area contributed by atoms with Crippen molar-refractivity contribution in [1.82, 2.24) is 0 Å². The number of anilines is 1. The van der Waals surface area contributed by atoms with Crippen molar-refractivity contribution < 1.29 is 23.2 Å². The zero-order valence-electron chi connectivity index (χ0n) is 10.5. The van der Waals surface area contributed by atoms with Gasteiger partial charge in [-0.1, -0.05) is 11.3 Å². The number of sulfone groups is 1. The van der Waals surface area contributed by atoms with Crippen LogP contribution in [0.2, 0.25) is 0 Å². The SMILES string of the molecule is CS(=O)(=O)c1cc([N+](=O)[O-])c(N2CCC(C(=O)O)C2)s1. The monoisotopic (exact) mass is 320 g/mol. The van der Waals surface area contributed by atoms with Crippen LogP contribution in [0.4, 0.5) is 10.7 Å². The molecule has 8 nitrogen and oxygen atoms in total. The molecule has 1 aromatic heterocycles. The van der Waals surface area contributed by atoms with Gasteiger partial charge in [-0.2, -0.15) is 0 Å². The van der Waals surface area contributed by atoms with Crippen LogP contribution >= 0.6 is 11.3 Å². The zero-order valence-corrected chi connectivity index (χ0v) is 12.1. The van der Waals surface area contributed by atoms with Gasteiger partial charge in [0.2, 0.25) is 0 Å². The molecule has 0 saturated carbocycles. The molecular formula is C10H12N2O6S2. The number of nitro groups is 1. The summed E-state index contributed by atoms with van der Waals surface area (Å²) in [5, 5.41) is 20.2. The quantitative estimate of drug-likeness (QED) is 0.648. The molecule has 0 aromatic carbocycles. The molecule has 1 fully saturated rings. The first-order valence-electron chi connectivity index (χ1n) is 5.66. The Morgan fingerprint density at radius 2 is 2.25 bits per heavy atom. The molecule has 110 valence electrons. The average Bonchev–Trinajstić information content (AvgIpc) is 2.94. The highest BCUT2D eigenvalue weighted by atomic mass is 32.2. The number of hydrogen-bond acceptors (Lipinski definition) is 7. The first kappa shape index (κ1) is 14.7. The molecule has 0 amide bonds. The fourth-order valence-corrected chi connectivity index (χ4v) is 4.10. The maximum absolute atomic E-state index is 11.5. The lowest BCUT2D eigenvalue weighted by molar-refractivity contribution is -0.383. The van der Waals surface area contributed by atoms with Crippen LogP contribution in [0.5, 0.6) is 0 Å². The van der Waals surface area contributed by atoms with Gasteiger partial charge < -0.3 is 10.0 Å². The van der Waals surface area contributed by atoms with Crippen LogP contribution in [0.1, 0.15) is 6.42 Å². The normalized spacial score (nSPS) is 19.2. The van der Waals surface area contributed by atoms with Crippen LogP contribution in [0.25, 0.3) is 0 Å². The molecule has 1 unspecified atom stereocenters. The predicted octanol–water partition coefficient (Wildman–Crippen LogP) is 0.971. The fourth-order valence-electron chi connectivity index (χ4n) is 2.04.